The Morgan fingerprint density at radius 3 is 1.57 bits per heavy atom. The summed E-state index contributed by atoms with van der Waals surface area (Å²) < 4.78 is 0. The fourth-order valence-electron chi connectivity index (χ4n) is 5.29. The van der Waals surface area contributed by atoms with Crippen molar-refractivity contribution in [3.63, 3.8) is 0 Å². The summed E-state index contributed by atoms with van der Waals surface area (Å²) in [5.41, 5.74) is 0.928. The molecule has 5 rings (SSSR count). The Morgan fingerprint density at radius 2 is 1.14 bits per heavy atom. The largest absolute Gasteiger partial charge is 0.872 e. The molecule has 0 saturated heterocycles. The highest BCUT2D eigenvalue weighted by atomic mass is 35.5. The highest BCUT2D eigenvalue weighted by Gasteiger charge is 2.43. The van der Waals surface area contributed by atoms with Crippen molar-refractivity contribution < 1.29 is 5.11 Å². The second kappa shape index (κ2) is 12.4. The molecular weight excluding hydrogens is 467 g/mol. The molecule has 1 saturated carbocycles. The van der Waals surface area contributed by atoms with Crippen molar-refractivity contribution >= 4 is 34.8 Å². The number of rotatable bonds is 5. The van der Waals surface area contributed by atoms with E-state index in [-0.39, 0.29) is 5.75 Å². The van der Waals surface area contributed by atoms with Gasteiger partial charge in [-0.3, -0.25) is 0 Å². The molecule has 0 N–H and O–H groups in total. The molecule has 0 bridgehead atoms. The smallest absolute Gasteiger partial charge is 0.111 e. The van der Waals surface area contributed by atoms with Gasteiger partial charge in [0, 0.05) is 5.02 Å². The van der Waals surface area contributed by atoms with Crippen LogP contribution in [-0.2, 0) is 0 Å². The van der Waals surface area contributed by atoms with Crippen molar-refractivity contribution in [2.24, 2.45) is 0 Å². The molecule has 35 heavy (non-hydrogen) atoms. The first-order valence-electron chi connectivity index (χ1n) is 12.7. The predicted molar refractivity (Wildman–Crippen MR) is 152 cm³/mol. The van der Waals surface area contributed by atoms with E-state index in [1.54, 1.807) is 12.1 Å². The molecule has 1 aliphatic carbocycles. The summed E-state index contributed by atoms with van der Waals surface area (Å²) >= 11 is 5.90. The molecule has 0 spiro atoms. The van der Waals surface area contributed by atoms with Gasteiger partial charge in [0.1, 0.15) is 23.2 Å². The monoisotopic (exact) mass is 500 g/mol. The van der Waals surface area contributed by atoms with Crippen molar-refractivity contribution in [2.45, 2.75) is 44.9 Å². The van der Waals surface area contributed by atoms with Crippen LogP contribution in [0.15, 0.2) is 109 Å². The van der Waals surface area contributed by atoms with Crippen LogP contribution in [0.25, 0.3) is 0 Å². The average Bonchev–Trinajstić information content (AvgIpc) is 2.94. The van der Waals surface area contributed by atoms with E-state index in [0.717, 1.165) is 24.6 Å². The molecule has 0 unspecified atom stereocenters. The molecule has 1 fully saturated rings. The molecular formula is C32H34ClOP. The molecule has 0 amide bonds. The number of hydrogen-bond acceptors (Lipinski definition) is 1. The summed E-state index contributed by atoms with van der Waals surface area (Å²) in [6.07, 6.45) is 7.24. The second-order valence-corrected chi connectivity index (χ2v) is 13.4. The van der Waals surface area contributed by atoms with E-state index < -0.39 is 7.26 Å². The molecule has 180 valence electrons. The van der Waals surface area contributed by atoms with Crippen molar-refractivity contribution in [1.29, 1.82) is 0 Å². The maximum Gasteiger partial charge on any atom is 0.111 e. The Bertz CT molecular complexity index is 1080. The third kappa shape index (κ3) is 5.97. The van der Waals surface area contributed by atoms with Crippen molar-refractivity contribution in [1.82, 2.24) is 0 Å². The van der Waals surface area contributed by atoms with Crippen LogP contribution in [0.5, 0.6) is 5.75 Å². The lowest BCUT2D eigenvalue weighted by Gasteiger charge is -2.26. The zero-order valence-electron chi connectivity index (χ0n) is 20.4. The molecule has 1 nitrogen and oxygen atoms in total. The van der Waals surface area contributed by atoms with E-state index in [1.165, 1.54) is 35.2 Å². The highest BCUT2D eigenvalue weighted by Crippen LogP contribution is 2.54. The normalized spacial score (nSPS) is 14.1. The van der Waals surface area contributed by atoms with Crippen LogP contribution in [0.3, 0.4) is 0 Å². The van der Waals surface area contributed by atoms with Gasteiger partial charge in [-0.05, 0) is 74.2 Å². The van der Waals surface area contributed by atoms with E-state index in [1.807, 2.05) is 6.07 Å². The van der Waals surface area contributed by atoms with Gasteiger partial charge in [-0.1, -0.05) is 97.1 Å². The van der Waals surface area contributed by atoms with Crippen LogP contribution in [0.2, 0.25) is 5.02 Å². The third-order valence-electron chi connectivity index (χ3n) is 7.08. The maximum absolute atomic E-state index is 11.6. The fourth-order valence-corrected chi connectivity index (χ4v) is 9.51. The van der Waals surface area contributed by atoms with Crippen LogP contribution in [0.4, 0.5) is 0 Å². The second-order valence-electron chi connectivity index (χ2n) is 9.15. The van der Waals surface area contributed by atoms with Gasteiger partial charge >= 0.3 is 0 Å². The van der Waals surface area contributed by atoms with E-state index in [0.29, 0.717) is 10.9 Å². The lowest BCUT2D eigenvalue weighted by Crippen LogP contribution is -2.32. The lowest BCUT2D eigenvalue weighted by molar-refractivity contribution is -0.269. The fraction of sp³-hybridized carbons (Fsp3) is 0.250. The molecule has 1 aliphatic rings. The van der Waals surface area contributed by atoms with E-state index in [2.05, 4.69) is 97.9 Å². The SMILES string of the molecule is CC[P+](c1ccccc1)(c1ccccc1)c1ccccc1.[O-]c1ccc(Cl)cc1C1CCCCC1. The van der Waals surface area contributed by atoms with Gasteiger partial charge in [0.25, 0.3) is 0 Å². The molecule has 4 aromatic rings. The maximum atomic E-state index is 11.6. The molecule has 0 radical (unpaired) electrons. The minimum Gasteiger partial charge on any atom is -0.872 e. The lowest BCUT2D eigenvalue weighted by atomic mass is 9.84. The van der Waals surface area contributed by atoms with Crippen molar-refractivity contribution in [3.05, 3.63) is 120 Å². The number of halogens is 1. The molecule has 3 heteroatoms. The van der Waals surface area contributed by atoms with Crippen LogP contribution in [0, 0.1) is 0 Å². The quantitative estimate of drug-likeness (QED) is 0.261. The zero-order chi connectivity index (χ0) is 24.5. The van der Waals surface area contributed by atoms with Gasteiger partial charge < -0.3 is 5.11 Å². The standard InChI is InChI=1S/C20H20P.C12H15ClO/c1-2-21(18-12-6-3-7-13-18,19-14-8-4-9-15-19)20-16-10-5-11-17-20;13-10-6-7-12(14)11(8-10)9-4-2-1-3-5-9/h3-17H,2H2,1H3;6-9,14H,1-5H2/q+1;/p-1. The first kappa shape index (κ1) is 25.5. The van der Waals surface area contributed by atoms with E-state index in [4.69, 9.17) is 11.6 Å². The molecule has 0 heterocycles. The van der Waals surface area contributed by atoms with Gasteiger partial charge in [-0.2, -0.15) is 0 Å². The first-order valence-corrected chi connectivity index (χ1v) is 15.0. The summed E-state index contributed by atoms with van der Waals surface area (Å²) in [5, 5.41) is 16.7. The average molecular weight is 501 g/mol. The summed E-state index contributed by atoms with van der Waals surface area (Å²) in [5.74, 6) is 0.608. The van der Waals surface area contributed by atoms with Gasteiger partial charge in [-0.25, -0.2) is 0 Å². The van der Waals surface area contributed by atoms with Crippen molar-refractivity contribution in [3.8, 4) is 5.75 Å². The number of benzene rings is 4. The first-order chi connectivity index (χ1) is 17.1. The van der Waals surface area contributed by atoms with E-state index >= 15 is 0 Å². The molecule has 0 aliphatic heterocycles. The van der Waals surface area contributed by atoms with Crippen LogP contribution >= 0.6 is 18.9 Å². The topological polar surface area (TPSA) is 23.1 Å². The minimum atomic E-state index is -1.53. The van der Waals surface area contributed by atoms with Crippen LogP contribution < -0.4 is 21.0 Å². The van der Waals surface area contributed by atoms with Crippen LogP contribution in [0.1, 0.15) is 50.5 Å². The highest BCUT2D eigenvalue weighted by molar-refractivity contribution is 7.95. The van der Waals surface area contributed by atoms with Gasteiger partial charge in [0.05, 0.1) is 6.16 Å². The molecule has 4 aromatic carbocycles. The molecule has 0 atom stereocenters. The van der Waals surface area contributed by atoms with Gasteiger partial charge in [0.15, 0.2) is 0 Å². The third-order valence-corrected chi connectivity index (χ3v) is 11.8. The van der Waals surface area contributed by atoms with Gasteiger partial charge in [0.2, 0.25) is 0 Å². The summed E-state index contributed by atoms with van der Waals surface area (Å²) in [7, 11) is -1.53. The predicted octanol–water partition coefficient (Wildman–Crippen LogP) is 7.46. The Hall–Kier alpha value is -2.60. The van der Waals surface area contributed by atoms with Gasteiger partial charge in [-0.15, -0.1) is 5.75 Å². The Kier molecular flexibility index (Phi) is 9.02. The Balaban J connectivity index is 0.000000179. The van der Waals surface area contributed by atoms with E-state index in [9.17, 15) is 5.11 Å². The molecule has 0 aromatic heterocycles. The number of hydrogen-bond donors (Lipinski definition) is 0. The summed E-state index contributed by atoms with van der Waals surface area (Å²) in [6, 6.07) is 38.1. The Labute approximate surface area is 216 Å². The minimum absolute atomic E-state index is 0.154. The van der Waals surface area contributed by atoms with Crippen LogP contribution in [-0.4, -0.2) is 6.16 Å². The zero-order valence-corrected chi connectivity index (χ0v) is 22.1. The summed E-state index contributed by atoms with van der Waals surface area (Å²) in [6.45, 7) is 2.32. The Morgan fingerprint density at radius 1 is 0.686 bits per heavy atom. The summed E-state index contributed by atoms with van der Waals surface area (Å²) in [4.78, 5) is 0. The van der Waals surface area contributed by atoms with Crippen molar-refractivity contribution in [2.75, 3.05) is 6.16 Å².